The van der Waals surface area contributed by atoms with Crippen molar-refractivity contribution in [1.29, 1.82) is 0 Å². The van der Waals surface area contributed by atoms with Gasteiger partial charge in [-0.1, -0.05) is 65.8 Å². The van der Waals surface area contributed by atoms with E-state index in [-0.39, 0.29) is 30.0 Å². The standard InChI is InChI=1S/C26H28N4O3/c27-15-22-14-23(28-33-22)25(31)30-17-21(19-9-5-2-6-10-19)13-24(30)26(32)29-12-11-20(16-29)18-7-3-1-4-8-18/h1-10,14,20-21,24H,11-13,15-17,27H2/t20?,21-,24-/m0/s1. The number of amides is 2. The quantitative estimate of drug-likeness (QED) is 0.653. The summed E-state index contributed by atoms with van der Waals surface area (Å²) in [5.41, 5.74) is 8.21. The first-order chi connectivity index (χ1) is 16.1. The van der Waals surface area contributed by atoms with Gasteiger partial charge < -0.3 is 20.1 Å². The molecule has 7 heteroatoms. The monoisotopic (exact) mass is 444 g/mol. The molecule has 170 valence electrons. The molecule has 2 aliphatic rings. The van der Waals surface area contributed by atoms with E-state index in [2.05, 4.69) is 29.4 Å². The van der Waals surface area contributed by atoms with E-state index in [1.807, 2.05) is 41.3 Å². The van der Waals surface area contributed by atoms with Gasteiger partial charge in [0.1, 0.15) is 6.04 Å². The summed E-state index contributed by atoms with van der Waals surface area (Å²) in [5.74, 6) is 0.604. The molecule has 2 aliphatic heterocycles. The third kappa shape index (κ3) is 4.28. The summed E-state index contributed by atoms with van der Waals surface area (Å²) in [7, 11) is 0. The van der Waals surface area contributed by atoms with E-state index in [4.69, 9.17) is 10.3 Å². The van der Waals surface area contributed by atoms with Crippen LogP contribution in [0.3, 0.4) is 0 Å². The second-order valence-corrected chi connectivity index (χ2v) is 8.88. The Morgan fingerprint density at radius 1 is 0.970 bits per heavy atom. The van der Waals surface area contributed by atoms with Gasteiger partial charge in [-0.05, 0) is 24.0 Å². The number of nitrogens with zero attached hydrogens (tertiary/aromatic N) is 3. The van der Waals surface area contributed by atoms with Crippen molar-refractivity contribution in [2.75, 3.05) is 19.6 Å². The third-order valence-electron chi connectivity index (χ3n) is 6.87. The van der Waals surface area contributed by atoms with Crippen molar-refractivity contribution in [3.63, 3.8) is 0 Å². The van der Waals surface area contributed by atoms with Crippen LogP contribution in [0.4, 0.5) is 0 Å². The van der Waals surface area contributed by atoms with E-state index >= 15 is 0 Å². The normalized spacial score (nSPS) is 22.6. The zero-order valence-electron chi connectivity index (χ0n) is 18.5. The summed E-state index contributed by atoms with van der Waals surface area (Å²) in [4.78, 5) is 30.6. The molecule has 2 saturated heterocycles. The van der Waals surface area contributed by atoms with Crippen LogP contribution >= 0.6 is 0 Å². The number of carbonyl (C=O) groups excluding carboxylic acids is 2. The molecule has 5 rings (SSSR count). The maximum absolute atomic E-state index is 13.7. The molecule has 2 amide bonds. The lowest BCUT2D eigenvalue weighted by Gasteiger charge is -2.27. The van der Waals surface area contributed by atoms with Crippen LogP contribution in [0.5, 0.6) is 0 Å². The molecule has 0 bridgehead atoms. The predicted molar refractivity (Wildman–Crippen MR) is 123 cm³/mol. The van der Waals surface area contributed by atoms with Crippen LogP contribution in [0.25, 0.3) is 0 Å². The molecule has 2 N–H and O–H groups in total. The fraction of sp³-hybridized carbons (Fsp3) is 0.346. The van der Waals surface area contributed by atoms with Crippen LogP contribution in [0.1, 0.15) is 52.1 Å². The van der Waals surface area contributed by atoms with Crippen molar-refractivity contribution in [2.24, 2.45) is 5.73 Å². The van der Waals surface area contributed by atoms with Crippen LogP contribution in [0.15, 0.2) is 71.3 Å². The van der Waals surface area contributed by atoms with Crippen LogP contribution in [-0.2, 0) is 11.3 Å². The zero-order chi connectivity index (χ0) is 22.8. The van der Waals surface area contributed by atoms with Crippen molar-refractivity contribution in [3.05, 3.63) is 89.3 Å². The average Bonchev–Trinajstić information content (AvgIpc) is 3.64. The van der Waals surface area contributed by atoms with Gasteiger partial charge in [0.2, 0.25) is 5.91 Å². The van der Waals surface area contributed by atoms with Crippen molar-refractivity contribution in [2.45, 2.75) is 37.3 Å². The topological polar surface area (TPSA) is 92.7 Å². The second-order valence-electron chi connectivity index (χ2n) is 8.88. The largest absolute Gasteiger partial charge is 0.359 e. The minimum atomic E-state index is -0.518. The van der Waals surface area contributed by atoms with Crippen molar-refractivity contribution in [3.8, 4) is 0 Å². The Kier molecular flexibility index (Phi) is 5.96. The number of aromatic nitrogens is 1. The Bertz CT molecular complexity index is 1110. The van der Waals surface area contributed by atoms with E-state index in [9.17, 15) is 9.59 Å². The summed E-state index contributed by atoms with van der Waals surface area (Å²) < 4.78 is 5.15. The molecular weight excluding hydrogens is 416 g/mol. The molecule has 1 unspecified atom stereocenters. The highest BCUT2D eigenvalue weighted by atomic mass is 16.5. The highest BCUT2D eigenvalue weighted by Gasteiger charge is 2.44. The molecule has 33 heavy (non-hydrogen) atoms. The van der Waals surface area contributed by atoms with Crippen molar-refractivity contribution in [1.82, 2.24) is 15.0 Å². The number of hydrogen-bond donors (Lipinski definition) is 1. The molecule has 3 heterocycles. The SMILES string of the molecule is NCc1cc(C(=O)N2C[C@@H](c3ccccc3)C[C@H]2C(=O)N2CCC(c3ccccc3)C2)no1. The van der Waals surface area contributed by atoms with Crippen molar-refractivity contribution >= 4 is 11.8 Å². The molecule has 2 fully saturated rings. The van der Waals surface area contributed by atoms with E-state index in [1.165, 1.54) is 5.56 Å². The summed E-state index contributed by atoms with van der Waals surface area (Å²) in [6, 6.07) is 21.5. The Labute approximate surface area is 193 Å². The first-order valence-electron chi connectivity index (χ1n) is 11.5. The number of carbonyl (C=O) groups is 2. The zero-order valence-corrected chi connectivity index (χ0v) is 18.5. The lowest BCUT2D eigenvalue weighted by molar-refractivity contribution is -0.134. The molecule has 3 aromatic rings. The van der Waals surface area contributed by atoms with Gasteiger partial charge in [0.05, 0.1) is 6.54 Å². The molecule has 0 spiro atoms. The molecule has 2 aromatic carbocycles. The van der Waals surface area contributed by atoms with Gasteiger partial charge in [0.25, 0.3) is 5.91 Å². The van der Waals surface area contributed by atoms with Gasteiger partial charge in [0.15, 0.2) is 11.5 Å². The summed E-state index contributed by atoms with van der Waals surface area (Å²) >= 11 is 0. The number of likely N-dealkylation sites (tertiary alicyclic amines) is 2. The minimum absolute atomic E-state index is 0.0164. The number of nitrogens with two attached hydrogens (primary N) is 1. The van der Waals surface area contributed by atoms with Gasteiger partial charge in [-0.2, -0.15) is 0 Å². The minimum Gasteiger partial charge on any atom is -0.359 e. The second kappa shape index (κ2) is 9.19. The lowest BCUT2D eigenvalue weighted by Crippen LogP contribution is -2.47. The number of hydrogen-bond acceptors (Lipinski definition) is 5. The Hall–Kier alpha value is -3.45. The van der Waals surface area contributed by atoms with E-state index in [1.54, 1.807) is 11.0 Å². The van der Waals surface area contributed by atoms with Gasteiger partial charge in [-0.25, -0.2) is 0 Å². The summed E-state index contributed by atoms with van der Waals surface area (Å²) in [6.07, 6.45) is 1.53. The maximum atomic E-state index is 13.7. The predicted octanol–water partition coefficient (Wildman–Crippen LogP) is 3.15. The van der Waals surface area contributed by atoms with E-state index in [0.29, 0.717) is 37.7 Å². The molecule has 0 saturated carbocycles. The third-order valence-corrected chi connectivity index (χ3v) is 6.87. The van der Waals surface area contributed by atoms with E-state index < -0.39 is 6.04 Å². The summed E-state index contributed by atoms with van der Waals surface area (Å²) in [5, 5.41) is 3.90. The van der Waals surface area contributed by atoms with Crippen molar-refractivity contribution < 1.29 is 14.1 Å². The first-order valence-corrected chi connectivity index (χ1v) is 11.5. The van der Waals surface area contributed by atoms with Gasteiger partial charge in [-0.15, -0.1) is 0 Å². The molecule has 1 aromatic heterocycles. The smallest absolute Gasteiger partial charge is 0.276 e. The molecule has 0 radical (unpaired) electrons. The van der Waals surface area contributed by atoms with Crippen LogP contribution in [0, 0.1) is 0 Å². The highest BCUT2D eigenvalue weighted by molar-refractivity contribution is 5.96. The molecular formula is C26H28N4O3. The van der Waals surface area contributed by atoms with E-state index in [0.717, 1.165) is 12.0 Å². The Balaban J connectivity index is 1.37. The molecule has 0 aliphatic carbocycles. The maximum Gasteiger partial charge on any atom is 0.276 e. The lowest BCUT2D eigenvalue weighted by atomic mass is 9.96. The van der Waals surface area contributed by atoms with Crippen LogP contribution < -0.4 is 5.73 Å². The van der Waals surface area contributed by atoms with Crippen LogP contribution in [-0.4, -0.2) is 52.4 Å². The van der Waals surface area contributed by atoms with Gasteiger partial charge >= 0.3 is 0 Å². The van der Waals surface area contributed by atoms with Crippen LogP contribution in [0.2, 0.25) is 0 Å². The first kappa shape index (κ1) is 21.4. The fourth-order valence-corrected chi connectivity index (χ4v) is 5.09. The molecule has 7 nitrogen and oxygen atoms in total. The van der Waals surface area contributed by atoms with Gasteiger partial charge in [0, 0.05) is 37.5 Å². The average molecular weight is 445 g/mol. The molecule has 3 atom stereocenters. The Morgan fingerprint density at radius 2 is 1.64 bits per heavy atom. The number of rotatable bonds is 5. The number of benzene rings is 2. The van der Waals surface area contributed by atoms with Gasteiger partial charge in [-0.3, -0.25) is 9.59 Å². The Morgan fingerprint density at radius 3 is 2.27 bits per heavy atom. The fourth-order valence-electron chi connectivity index (χ4n) is 5.09. The summed E-state index contributed by atoms with van der Waals surface area (Å²) in [6.45, 7) is 2.02. The highest BCUT2D eigenvalue weighted by Crippen LogP contribution is 2.35.